The summed E-state index contributed by atoms with van der Waals surface area (Å²) in [4.78, 5) is 25.1. The van der Waals surface area contributed by atoms with Gasteiger partial charge in [-0.15, -0.1) is 0 Å². The van der Waals surface area contributed by atoms with Crippen molar-refractivity contribution in [3.63, 3.8) is 0 Å². The highest BCUT2D eigenvalue weighted by atomic mass is 16.2. The minimum absolute atomic E-state index is 0.0613. The number of carbonyl (C=O) groups is 1. The number of anilines is 1. The Morgan fingerprint density at radius 1 is 0.818 bits per heavy atom. The van der Waals surface area contributed by atoms with Crippen LogP contribution in [-0.2, 0) is 17.8 Å². The predicted octanol–water partition coefficient (Wildman–Crippen LogP) is 4.13. The fourth-order valence-corrected chi connectivity index (χ4v) is 4.65. The summed E-state index contributed by atoms with van der Waals surface area (Å²) in [5.74, 6) is 0.858. The molecule has 33 heavy (non-hydrogen) atoms. The Kier molecular flexibility index (Phi) is 6.22. The van der Waals surface area contributed by atoms with Gasteiger partial charge in [0.2, 0.25) is 5.96 Å². The van der Waals surface area contributed by atoms with Crippen LogP contribution < -0.4 is 4.90 Å². The third-order valence-corrected chi connectivity index (χ3v) is 6.41. The first kappa shape index (κ1) is 21.4. The molecule has 3 aromatic carbocycles. The van der Waals surface area contributed by atoms with Crippen LogP contribution in [-0.4, -0.2) is 53.9 Å². The van der Waals surface area contributed by atoms with Crippen LogP contribution in [0.25, 0.3) is 0 Å². The minimum Gasteiger partial charge on any atom is -0.340 e. The maximum atomic E-state index is 13.6. The average molecular weight is 439 g/mol. The number of rotatable bonds is 5. The number of aryl methyl sites for hydroxylation is 1. The monoisotopic (exact) mass is 438 g/mol. The molecule has 1 amide bonds. The van der Waals surface area contributed by atoms with E-state index in [1.165, 1.54) is 5.56 Å². The summed E-state index contributed by atoms with van der Waals surface area (Å²) in [6.45, 7) is 6.64. The highest BCUT2D eigenvalue weighted by Crippen LogP contribution is 2.26. The molecule has 2 heterocycles. The first-order chi connectivity index (χ1) is 16.2. The van der Waals surface area contributed by atoms with Crippen molar-refractivity contribution in [2.45, 2.75) is 25.9 Å². The molecule has 2 aliphatic rings. The number of nitrogens with zero attached hydrogens (tertiary/aromatic N) is 4. The van der Waals surface area contributed by atoms with E-state index < -0.39 is 0 Å². The van der Waals surface area contributed by atoms with Crippen LogP contribution in [0.15, 0.2) is 89.9 Å². The average Bonchev–Trinajstić information content (AvgIpc) is 3.16. The Morgan fingerprint density at radius 3 is 2.15 bits per heavy atom. The third kappa shape index (κ3) is 4.83. The van der Waals surface area contributed by atoms with E-state index in [2.05, 4.69) is 71.3 Å². The molecule has 1 fully saturated rings. The van der Waals surface area contributed by atoms with Crippen molar-refractivity contribution < 1.29 is 4.79 Å². The summed E-state index contributed by atoms with van der Waals surface area (Å²) in [6.07, 6.45) is 0.624. The van der Waals surface area contributed by atoms with Gasteiger partial charge in [-0.05, 0) is 35.7 Å². The molecule has 0 radical (unpaired) electrons. The zero-order valence-corrected chi connectivity index (χ0v) is 19.1. The molecular weight excluding hydrogens is 408 g/mol. The van der Waals surface area contributed by atoms with Crippen molar-refractivity contribution in [1.29, 1.82) is 0 Å². The summed E-state index contributed by atoms with van der Waals surface area (Å²) in [7, 11) is 0. The van der Waals surface area contributed by atoms with E-state index >= 15 is 0 Å². The van der Waals surface area contributed by atoms with Gasteiger partial charge in [0.15, 0.2) is 0 Å². The lowest BCUT2D eigenvalue weighted by molar-refractivity contribution is -0.118. The van der Waals surface area contributed by atoms with Gasteiger partial charge in [-0.1, -0.05) is 72.8 Å². The standard InChI is InChI=1S/C28H30N4O/c1-22-9-8-14-25(19-22)32-27(33)26(20-23-10-4-2-5-11-23)29-28(32)31-17-15-30(16-18-31)21-24-12-6-3-7-13-24/h2-14,19,26H,15-18,20-21H2,1H3. The quantitative estimate of drug-likeness (QED) is 0.601. The first-order valence-corrected chi connectivity index (χ1v) is 11.7. The highest BCUT2D eigenvalue weighted by molar-refractivity contribution is 6.22. The molecule has 0 aromatic heterocycles. The van der Waals surface area contributed by atoms with Crippen LogP contribution in [0.1, 0.15) is 16.7 Å². The van der Waals surface area contributed by atoms with Crippen molar-refractivity contribution in [1.82, 2.24) is 9.80 Å². The Hall–Kier alpha value is -3.44. The molecule has 0 aliphatic carbocycles. The second-order valence-electron chi connectivity index (χ2n) is 8.90. The van der Waals surface area contributed by atoms with E-state index in [-0.39, 0.29) is 11.9 Å². The van der Waals surface area contributed by atoms with Crippen LogP contribution in [0.5, 0.6) is 0 Å². The van der Waals surface area contributed by atoms with E-state index in [1.54, 1.807) is 0 Å². The Balaban J connectivity index is 1.35. The van der Waals surface area contributed by atoms with E-state index in [1.807, 2.05) is 35.2 Å². The number of hydrogen-bond acceptors (Lipinski definition) is 4. The van der Waals surface area contributed by atoms with Gasteiger partial charge < -0.3 is 4.90 Å². The number of amides is 1. The lowest BCUT2D eigenvalue weighted by atomic mass is 10.1. The van der Waals surface area contributed by atoms with Crippen molar-refractivity contribution in [3.8, 4) is 0 Å². The smallest absolute Gasteiger partial charge is 0.259 e. The van der Waals surface area contributed by atoms with Gasteiger partial charge in [-0.3, -0.25) is 9.69 Å². The van der Waals surface area contributed by atoms with Crippen LogP contribution in [0.3, 0.4) is 0 Å². The minimum atomic E-state index is -0.384. The lowest BCUT2D eigenvalue weighted by Gasteiger charge is -2.37. The highest BCUT2D eigenvalue weighted by Gasteiger charge is 2.39. The van der Waals surface area contributed by atoms with Crippen LogP contribution in [0.2, 0.25) is 0 Å². The first-order valence-electron chi connectivity index (χ1n) is 11.7. The Labute approximate surface area is 196 Å². The number of benzene rings is 3. The molecule has 5 rings (SSSR count). The fraction of sp³-hybridized carbons (Fsp3) is 0.286. The van der Waals surface area contributed by atoms with Crippen molar-refractivity contribution >= 4 is 17.6 Å². The number of hydrogen-bond donors (Lipinski definition) is 0. The van der Waals surface area contributed by atoms with E-state index in [0.29, 0.717) is 6.42 Å². The summed E-state index contributed by atoms with van der Waals surface area (Å²) < 4.78 is 0. The zero-order valence-electron chi connectivity index (χ0n) is 19.1. The van der Waals surface area contributed by atoms with Crippen LogP contribution in [0, 0.1) is 6.92 Å². The van der Waals surface area contributed by atoms with Gasteiger partial charge in [0.25, 0.3) is 5.91 Å². The molecule has 3 aromatic rings. The zero-order chi connectivity index (χ0) is 22.6. The van der Waals surface area contributed by atoms with Crippen molar-refractivity contribution in [2.75, 3.05) is 31.1 Å². The second kappa shape index (κ2) is 9.59. The SMILES string of the molecule is Cc1cccc(N2C(=O)C(Cc3ccccc3)N=C2N2CCN(Cc3ccccc3)CC2)c1. The van der Waals surface area contributed by atoms with Gasteiger partial charge in [0.05, 0.1) is 5.69 Å². The van der Waals surface area contributed by atoms with Crippen LogP contribution >= 0.6 is 0 Å². The second-order valence-corrected chi connectivity index (χ2v) is 8.90. The fourth-order valence-electron chi connectivity index (χ4n) is 4.65. The van der Waals surface area contributed by atoms with Gasteiger partial charge in [0.1, 0.15) is 6.04 Å². The molecular formula is C28H30N4O. The topological polar surface area (TPSA) is 39.2 Å². The molecule has 5 heteroatoms. The molecule has 0 bridgehead atoms. The van der Waals surface area contributed by atoms with Gasteiger partial charge in [-0.2, -0.15) is 0 Å². The molecule has 0 N–H and O–H groups in total. The Morgan fingerprint density at radius 2 is 1.48 bits per heavy atom. The van der Waals surface area contributed by atoms with Crippen molar-refractivity contribution in [2.24, 2.45) is 4.99 Å². The number of aliphatic imine (C=N–C) groups is 1. The lowest BCUT2D eigenvalue weighted by Crippen LogP contribution is -2.53. The molecule has 1 unspecified atom stereocenters. The molecule has 1 atom stereocenters. The molecule has 0 spiro atoms. The normalized spacial score (nSPS) is 19.1. The molecule has 0 saturated carbocycles. The predicted molar refractivity (Wildman–Crippen MR) is 133 cm³/mol. The van der Waals surface area contributed by atoms with E-state index in [4.69, 9.17) is 4.99 Å². The number of piperazine rings is 1. The largest absolute Gasteiger partial charge is 0.340 e. The van der Waals surface area contributed by atoms with Gasteiger partial charge in [0, 0.05) is 39.1 Å². The summed E-state index contributed by atoms with van der Waals surface area (Å²) in [6, 6.07) is 28.6. The molecule has 2 aliphatic heterocycles. The van der Waals surface area contributed by atoms with Gasteiger partial charge in [-0.25, -0.2) is 9.89 Å². The molecule has 5 nitrogen and oxygen atoms in total. The number of guanidine groups is 1. The van der Waals surface area contributed by atoms with E-state index in [9.17, 15) is 4.79 Å². The van der Waals surface area contributed by atoms with Gasteiger partial charge >= 0.3 is 0 Å². The maximum absolute atomic E-state index is 13.6. The van der Waals surface area contributed by atoms with Crippen LogP contribution in [0.4, 0.5) is 5.69 Å². The summed E-state index contributed by atoms with van der Waals surface area (Å²) in [5.41, 5.74) is 4.52. The third-order valence-electron chi connectivity index (χ3n) is 6.41. The Bertz CT molecular complexity index is 1120. The summed E-state index contributed by atoms with van der Waals surface area (Å²) >= 11 is 0. The summed E-state index contributed by atoms with van der Waals surface area (Å²) in [5, 5.41) is 0. The number of carbonyl (C=O) groups excluding carboxylic acids is 1. The molecule has 1 saturated heterocycles. The van der Waals surface area contributed by atoms with E-state index in [0.717, 1.165) is 55.5 Å². The maximum Gasteiger partial charge on any atom is 0.259 e. The van der Waals surface area contributed by atoms with Crippen molar-refractivity contribution in [3.05, 3.63) is 102 Å². The molecule has 168 valence electrons.